The minimum Gasteiger partial charge on any atom is -0.497 e. The lowest BCUT2D eigenvalue weighted by Gasteiger charge is -2.32. The molecular weight excluding hydrogens is 477 g/mol. The van der Waals surface area contributed by atoms with Gasteiger partial charge in [0.05, 0.1) is 19.3 Å². The topological polar surface area (TPSA) is 71.0 Å². The summed E-state index contributed by atoms with van der Waals surface area (Å²) in [5.74, 6) is -0.218. The van der Waals surface area contributed by atoms with Crippen LogP contribution in [0.15, 0.2) is 77.8 Å². The first kappa shape index (κ1) is 23.8. The summed E-state index contributed by atoms with van der Waals surface area (Å²) in [5, 5.41) is 3.12. The van der Waals surface area contributed by atoms with E-state index in [1.54, 1.807) is 67.8 Å². The first-order valence-corrected chi connectivity index (χ1v) is 11.7. The zero-order chi connectivity index (χ0) is 24.1. The van der Waals surface area contributed by atoms with Gasteiger partial charge in [0.1, 0.15) is 16.8 Å². The lowest BCUT2D eigenvalue weighted by molar-refractivity contribution is -0.129. The van der Waals surface area contributed by atoms with Gasteiger partial charge in [-0.2, -0.15) is 0 Å². The van der Waals surface area contributed by atoms with Crippen molar-refractivity contribution in [3.05, 3.63) is 89.2 Å². The number of methoxy groups -OCH3 is 1. The SMILES string of the molecule is COc1ccc(N=C2SC(C(=O)Nc3ccc(Cl)cc3)CC(=O)N2Cc2ccc(F)cc2)cc1. The van der Waals surface area contributed by atoms with Crippen molar-refractivity contribution in [3.8, 4) is 5.75 Å². The van der Waals surface area contributed by atoms with Gasteiger partial charge in [-0.3, -0.25) is 14.5 Å². The van der Waals surface area contributed by atoms with Gasteiger partial charge in [0.25, 0.3) is 0 Å². The predicted molar refractivity (Wildman–Crippen MR) is 133 cm³/mol. The number of rotatable bonds is 6. The maximum Gasteiger partial charge on any atom is 0.238 e. The van der Waals surface area contributed by atoms with E-state index in [0.717, 1.165) is 5.56 Å². The number of carbonyl (C=O) groups is 2. The molecule has 6 nitrogen and oxygen atoms in total. The molecule has 1 saturated heterocycles. The molecule has 0 radical (unpaired) electrons. The van der Waals surface area contributed by atoms with Crippen LogP contribution in [0.1, 0.15) is 12.0 Å². The number of aliphatic imine (C=N–C) groups is 1. The zero-order valence-electron chi connectivity index (χ0n) is 18.2. The number of nitrogens with zero attached hydrogens (tertiary/aromatic N) is 2. The van der Waals surface area contributed by atoms with Crippen LogP contribution in [0.3, 0.4) is 0 Å². The van der Waals surface area contributed by atoms with Crippen molar-refractivity contribution in [3.63, 3.8) is 0 Å². The third-order valence-corrected chi connectivity index (χ3v) is 6.53. The van der Waals surface area contributed by atoms with Gasteiger partial charge in [-0.15, -0.1) is 0 Å². The van der Waals surface area contributed by atoms with Gasteiger partial charge in [-0.05, 0) is 66.2 Å². The molecule has 3 aromatic rings. The summed E-state index contributed by atoms with van der Waals surface area (Å²) in [6.45, 7) is 0.215. The highest BCUT2D eigenvalue weighted by atomic mass is 35.5. The van der Waals surface area contributed by atoms with Gasteiger partial charge < -0.3 is 10.1 Å². The molecule has 1 aliphatic rings. The first-order chi connectivity index (χ1) is 16.4. The van der Waals surface area contributed by atoms with Crippen LogP contribution < -0.4 is 10.1 Å². The summed E-state index contributed by atoms with van der Waals surface area (Å²) in [6, 6.07) is 19.8. The third kappa shape index (κ3) is 5.95. The van der Waals surface area contributed by atoms with E-state index in [0.29, 0.717) is 27.3 Å². The molecule has 9 heteroatoms. The Bertz CT molecular complexity index is 1200. The molecule has 1 unspecified atom stereocenters. The molecule has 0 saturated carbocycles. The van der Waals surface area contributed by atoms with Crippen molar-refractivity contribution in [2.75, 3.05) is 12.4 Å². The number of anilines is 1. The number of hydrogen-bond donors (Lipinski definition) is 1. The Balaban J connectivity index is 1.59. The average Bonchev–Trinajstić information content (AvgIpc) is 2.84. The number of benzene rings is 3. The van der Waals surface area contributed by atoms with E-state index in [-0.39, 0.29) is 30.6 Å². The molecule has 1 atom stereocenters. The van der Waals surface area contributed by atoms with E-state index in [1.807, 2.05) is 0 Å². The van der Waals surface area contributed by atoms with Gasteiger partial charge in [-0.25, -0.2) is 9.38 Å². The van der Waals surface area contributed by atoms with Crippen molar-refractivity contribution in [1.29, 1.82) is 0 Å². The van der Waals surface area contributed by atoms with Gasteiger partial charge in [0, 0.05) is 17.1 Å². The van der Waals surface area contributed by atoms with Crippen molar-refractivity contribution in [1.82, 2.24) is 4.90 Å². The number of amides is 2. The highest BCUT2D eigenvalue weighted by molar-refractivity contribution is 8.15. The van der Waals surface area contributed by atoms with Crippen LogP contribution in [-0.2, 0) is 16.1 Å². The Kier molecular flexibility index (Phi) is 7.49. The number of nitrogens with one attached hydrogen (secondary N) is 1. The van der Waals surface area contributed by atoms with E-state index in [2.05, 4.69) is 10.3 Å². The molecule has 0 bridgehead atoms. The van der Waals surface area contributed by atoms with E-state index in [4.69, 9.17) is 16.3 Å². The normalized spacial score (nSPS) is 17.0. The Morgan fingerprint density at radius 3 is 2.44 bits per heavy atom. The zero-order valence-corrected chi connectivity index (χ0v) is 19.8. The van der Waals surface area contributed by atoms with Crippen LogP contribution in [0.5, 0.6) is 5.75 Å². The molecule has 0 aliphatic carbocycles. The number of carbonyl (C=O) groups excluding carboxylic acids is 2. The maximum absolute atomic E-state index is 13.3. The van der Waals surface area contributed by atoms with Crippen LogP contribution in [0.25, 0.3) is 0 Å². The summed E-state index contributed by atoms with van der Waals surface area (Å²) < 4.78 is 18.5. The standard InChI is InChI=1S/C25H21ClFN3O3S/c1-33-21-12-10-20(11-13-21)29-25-30(15-16-2-6-18(27)7-3-16)23(31)14-22(34-25)24(32)28-19-8-4-17(26)5-9-19/h2-13,22H,14-15H2,1H3,(H,28,32). The largest absolute Gasteiger partial charge is 0.497 e. The summed E-state index contributed by atoms with van der Waals surface area (Å²) in [4.78, 5) is 32.2. The van der Waals surface area contributed by atoms with Crippen LogP contribution in [0.2, 0.25) is 5.02 Å². The van der Waals surface area contributed by atoms with Crippen LogP contribution in [-0.4, -0.2) is 34.2 Å². The van der Waals surface area contributed by atoms with E-state index < -0.39 is 5.25 Å². The van der Waals surface area contributed by atoms with Crippen LogP contribution in [0.4, 0.5) is 15.8 Å². The van der Waals surface area contributed by atoms with Gasteiger partial charge >= 0.3 is 0 Å². The van der Waals surface area contributed by atoms with Gasteiger partial charge in [0.2, 0.25) is 11.8 Å². The smallest absolute Gasteiger partial charge is 0.238 e. The molecular formula is C25H21ClFN3O3S. The summed E-state index contributed by atoms with van der Waals surface area (Å²) in [6.07, 6.45) is 0.00686. The number of amidine groups is 1. The number of thioether (sulfide) groups is 1. The molecule has 3 aromatic carbocycles. The number of halogens is 2. The van der Waals surface area contributed by atoms with Crippen molar-refractivity contribution < 1.29 is 18.7 Å². The fourth-order valence-corrected chi connectivity index (χ4v) is 4.52. The molecule has 34 heavy (non-hydrogen) atoms. The minimum absolute atomic E-state index is 0.00686. The number of hydrogen-bond acceptors (Lipinski definition) is 5. The van der Waals surface area contributed by atoms with Crippen LogP contribution in [0, 0.1) is 5.82 Å². The molecule has 1 aliphatic heterocycles. The van der Waals surface area contributed by atoms with Gasteiger partial charge in [-0.1, -0.05) is 35.5 Å². The van der Waals surface area contributed by atoms with Crippen molar-refractivity contribution in [2.45, 2.75) is 18.2 Å². The maximum atomic E-state index is 13.3. The van der Waals surface area contributed by atoms with E-state index in [9.17, 15) is 14.0 Å². The van der Waals surface area contributed by atoms with E-state index in [1.165, 1.54) is 28.8 Å². The highest BCUT2D eigenvalue weighted by Gasteiger charge is 2.36. The first-order valence-electron chi connectivity index (χ1n) is 10.4. The fourth-order valence-electron chi connectivity index (χ4n) is 3.29. The second-order valence-corrected chi connectivity index (χ2v) is 9.11. The minimum atomic E-state index is -0.662. The van der Waals surface area contributed by atoms with Gasteiger partial charge in [0.15, 0.2) is 5.17 Å². The quantitative estimate of drug-likeness (QED) is 0.478. The Labute approximate surface area is 205 Å². The molecule has 2 amide bonds. The number of ether oxygens (including phenoxy) is 1. The molecule has 1 N–H and O–H groups in total. The lowest BCUT2D eigenvalue weighted by atomic mass is 10.2. The molecule has 1 fully saturated rings. The van der Waals surface area contributed by atoms with Crippen molar-refractivity contribution in [2.24, 2.45) is 4.99 Å². The molecule has 174 valence electrons. The summed E-state index contributed by atoms with van der Waals surface area (Å²) >= 11 is 7.12. The summed E-state index contributed by atoms with van der Waals surface area (Å²) in [7, 11) is 1.57. The molecule has 1 heterocycles. The molecule has 0 aromatic heterocycles. The predicted octanol–water partition coefficient (Wildman–Crippen LogP) is 5.65. The second kappa shape index (κ2) is 10.7. The van der Waals surface area contributed by atoms with Crippen LogP contribution >= 0.6 is 23.4 Å². The Morgan fingerprint density at radius 2 is 1.79 bits per heavy atom. The Hall–Kier alpha value is -3.36. The second-order valence-electron chi connectivity index (χ2n) is 7.51. The lowest BCUT2D eigenvalue weighted by Crippen LogP contribution is -2.44. The van der Waals surface area contributed by atoms with E-state index >= 15 is 0 Å². The highest BCUT2D eigenvalue weighted by Crippen LogP contribution is 2.31. The average molecular weight is 498 g/mol. The monoisotopic (exact) mass is 497 g/mol. The molecule has 0 spiro atoms. The summed E-state index contributed by atoms with van der Waals surface area (Å²) in [5.41, 5.74) is 1.95. The molecule has 4 rings (SSSR count). The Morgan fingerprint density at radius 1 is 1.12 bits per heavy atom. The fraction of sp³-hybridized carbons (Fsp3) is 0.160. The van der Waals surface area contributed by atoms with Crippen molar-refractivity contribution >= 4 is 51.7 Å². The third-order valence-electron chi connectivity index (χ3n) is 5.09.